The van der Waals surface area contributed by atoms with Gasteiger partial charge in [0, 0.05) is 34.5 Å². The van der Waals surface area contributed by atoms with Crippen LogP contribution in [0.1, 0.15) is 22.6 Å². The van der Waals surface area contributed by atoms with Crippen molar-refractivity contribution in [3.05, 3.63) is 89.2 Å². The topological polar surface area (TPSA) is 99.4 Å². The maximum absolute atomic E-state index is 13.8. The summed E-state index contributed by atoms with van der Waals surface area (Å²) in [6.07, 6.45) is 1.94. The first-order chi connectivity index (χ1) is 14.3. The summed E-state index contributed by atoms with van der Waals surface area (Å²) in [6, 6.07) is 11.9. The smallest absolute Gasteiger partial charge is 0.238 e. The molecule has 6 nitrogen and oxygen atoms in total. The number of benzene rings is 2. The zero-order chi connectivity index (χ0) is 21.5. The molecule has 1 aliphatic rings. The molecule has 3 aromatic rings. The summed E-state index contributed by atoms with van der Waals surface area (Å²) in [5, 5.41) is 5.14. The number of carbonyl (C=O) groups is 1. The van der Waals surface area contributed by atoms with Gasteiger partial charge in [0.25, 0.3) is 0 Å². The molecule has 1 atom stereocenters. The summed E-state index contributed by atoms with van der Waals surface area (Å²) in [5.41, 5.74) is 1.67. The van der Waals surface area contributed by atoms with Crippen molar-refractivity contribution in [2.24, 2.45) is 5.14 Å². The van der Waals surface area contributed by atoms with E-state index in [-0.39, 0.29) is 16.4 Å². The van der Waals surface area contributed by atoms with Crippen LogP contribution in [0, 0.1) is 11.8 Å². The van der Waals surface area contributed by atoms with Gasteiger partial charge in [0.15, 0.2) is 0 Å². The number of sulfonamides is 1. The quantitative estimate of drug-likeness (QED) is 0.508. The molecule has 0 fully saturated rings. The third-order valence-electron chi connectivity index (χ3n) is 4.70. The molecule has 0 bridgehead atoms. The number of fused-ring (bicyclic) bond motifs is 1. The van der Waals surface area contributed by atoms with Crippen LogP contribution in [0.25, 0.3) is 11.3 Å². The highest BCUT2D eigenvalue weighted by Gasteiger charge is 2.32. The van der Waals surface area contributed by atoms with Crippen LogP contribution in [0.2, 0.25) is 0 Å². The van der Waals surface area contributed by atoms with Crippen molar-refractivity contribution in [2.75, 3.05) is 0 Å². The molecule has 0 amide bonds. The number of rotatable bonds is 4. The Morgan fingerprint density at radius 3 is 2.30 bits per heavy atom. The van der Waals surface area contributed by atoms with E-state index in [1.165, 1.54) is 48.7 Å². The number of ether oxygens (including phenoxy) is 1. The summed E-state index contributed by atoms with van der Waals surface area (Å²) in [4.78, 5) is 15.6. The molecule has 0 radical (unpaired) electrons. The lowest BCUT2D eigenvalue weighted by atomic mass is 9.84. The molecule has 0 saturated heterocycles. The monoisotopic (exact) mass is 428 g/mol. The standard InChI is InChI=1S/C21H14F2N2O4S/c22-14-4-7-16-17(11-26)20(13-3-8-19(23)25-10-13)21(29-18(16)9-14)12-1-5-15(6-2-12)30(24,27)28/h1-11,17H,(H2,24,27,28). The molecule has 30 heavy (non-hydrogen) atoms. The molecule has 0 aliphatic carbocycles. The fraction of sp³-hybridized carbons (Fsp3) is 0.0476. The Labute approximate surface area is 170 Å². The first kappa shape index (κ1) is 19.9. The van der Waals surface area contributed by atoms with Crippen molar-refractivity contribution >= 4 is 27.6 Å². The second kappa shape index (κ2) is 7.43. The average Bonchev–Trinajstić information content (AvgIpc) is 2.72. The fourth-order valence-corrected chi connectivity index (χ4v) is 3.83. The Bertz CT molecular complexity index is 1270. The largest absolute Gasteiger partial charge is 0.456 e. The number of nitrogens with two attached hydrogens (primary N) is 1. The third kappa shape index (κ3) is 3.60. The van der Waals surface area contributed by atoms with Crippen molar-refractivity contribution in [1.29, 1.82) is 0 Å². The molecule has 0 saturated carbocycles. The summed E-state index contributed by atoms with van der Waals surface area (Å²) < 4.78 is 56.2. The van der Waals surface area contributed by atoms with Crippen LogP contribution in [-0.4, -0.2) is 19.7 Å². The maximum Gasteiger partial charge on any atom is 0.238 e. The molecule has 152 valence electrons. The van der Waals surface area contributed by atoms with Crippen LogP contribution in [0.4, 0.5) is 8.78 Å². The second-order valence-electron chi connectivity index (χ2n) is 6.58. The van der Waals surface area contributed by atoms with E-state index in [2.05, 4.69) is 4.98 Å². The summed E-state index contributed by atoms with van der Waals surface area (Å²) in [6.45, 7) is 0. The summed E-state index contributed by atoms with van der Waals surface area (Å²) in [7, 11) is -3.90. The summed E-state index contributed by atoms with van der Waals surface area (Å²) in [5.74, 6) is -1.74. The lowest BCUT2D eigenvalue weighted by Gasteiger charge is -2.28. The molecule has 1 aliphatic heterocycles. The number of nitrogens with zero attached hydrogens (tertiary/aromatic N) is 1. The minimum Gasteiger partial charge on any atom is -0.456 e. The van der Waals surface area contributed by atoms with Gasteiger partial charge in [-0.05, 0) is 42.5 Å². The molecule has 1 unspecified atom stereocenters. The van der Waals surface area contributed by atoms with E-state index in [1.807, 2.05) is 0 Å². The molecule has 4 rings (SSSR count). The van der Waals surface area contributed by atoms with Crippen LogP contribution in [-0.2, 0) is 14.8 Å². The van der Waals surface area contributed by atoms with Crippen molar-refractivity contribution < 1.29 is 26.7 Å². The first-order valence-corrected chi connectivity index (χ1v) is 10.2. The predicted octanol–water partition coefficient (Wildman–Crippen LogP) is 3.25. The minimum atomic E-state index is -3.90. The van der Waals surface area contributed by atoms with E-state index >= 15 is 0 Å². The lowest BCUT2D eigenvalue weighted by molar-refractivity contribution is -0.108. The number of hydrogen-bond acceptors (Lipinski definition) is 5. The third-order valence-corrected chi connectivity index (χ3v) is 5.63. The van der Waals surface area contributed by atoms with Crippen molar-refractivity contribution in [2.45, 2.75) is 10.8 Å². The fourth-order valence-electron chi connectivity index (χ4n) is 3.31. The van der Waals surface area contributed by atoms with E-state index in [0.717, 1.165) is 12.1 Å². The predicted molar refractivity (Wildman–Crippen MR) is 105 cm³/mol. The van der Waals surface area contributed by atoms with Gasteiger partial charge in [-0.2, -0.15) is 4.39 Å². The van der Waals surface area contributed by atoms with Gasteiger partial charge in [-0.15, -0.1) is 0 Å². The van der Waals surface area contributed by atoms with E-state index in [4.69, 9.17) is 9.88 Å². The van der Waals surface area contributed by atoms with Gasteiger partial charge in [-0.25, -0.2) is 22.9 Å². The molecule has 0 spiro atoms. The SMILES string of the molecule is NS(=O)(=O)c1ccc(C2=C(c3ccc(F)nc3)C(C=O)c3ccc(F)cc3O2)cc1. The summed E-state index contributed by atoms with van der Waals surface area (Å²) >= 11 is 0. The van der Waals surface area contributed by atoms with Crippen LogP contribution in [0.5, 0.6) is 5.75 Å². The van der Waals surface area contributed by atoms with Crippen molar-refractivity contribution in [3.8, 4) is 5.75 Å². The number of allylic oxidation sites excluding steroid dienone is 1. The normalized spacial score (nSPS) is 16.0. The van der Waals surface area contributed by atoms with Gasteiger partial charge < -0.3 is 9.53 Å². The number of carbonyl (C=O) groups excluding carboxylic acids is 1. The zero-order valence-electron chi connectivity index (χ0n) is 15.2. The molecular weight excluding hydrogens is 414 g/mol. The Balaban J connectivity index is 1.95. The molecular formula is C21H14F2N2O4S. The minimum absolute atomic E-state index is 0.106. The van der Waals surface area contributed by atoms with Crippen LogP contribution in [0.15, 0.2) is 65.7 Å². The molecule has 2 N–H and O–H groups in total. The van der Waals surface area contributed by atoms with E-state index in [1.54, 1.807) is 0 Å². The number of hydrogen-bond donors (Lipinski definition) is 1. The Kier molecular flexibility index (Phi) is 4.92. The number of pyridine rings is 1. The Hall–Kier alpha value is -3.43. The van der Waals surface area contributed by atoms with Gasteiger partial charge in [-0.1, -0.05) is 6.07 Å². The van der Waals surface area contributed by atoms with Crippen LogP contribution in [0.3, 0.4) is 0 Å². The Morgan fingerprint density at radius 2 is 1.70 bits per heavy atom. The van der Waals surface area contributed by atoms with Gasteiger partial charge in [0.05, 0.1) is 10.8 Å². The molecule has 2 aromatic carbocycles. The molecule has 1 aromatic heterocycles. The zero-order valence-corrected chi connectivity index (χ0v) is 16.1. The number of primary sulfonamides is 1. The average molecular weight is 428 g/mol. The molecule has 9 heteroatoms. The van der Waals surface area contributed by atoms with E-state index in [9.17, 15) is 22.0 Å². The number of halogens is 2. The highest BCUT2D eigenvalue weighted by Crippen LogP contribution is 2.46. The van der Waals surface area contributed by atoms with Gasteiger partial charge in [0.1, 0.15) is 23.6 Å². The number of aromatic nitrogens is 1. The van der Waals surface area contributed by atoms with Gasteiger partial charge >= 0.3 is 0 Å². The second-order valence-corrected chi connectivity index (χ2v) is 8.14. The van der Waals surface area contributed by atoms with Crippen LogP contribution < -0.4 is 9.88 Å². The van der Waals surface area contributed by atoms with Gasteiger partial charge in [0.2, 0.25) is 16.0 Å². The van der Waals surface area contributed by atoms with Crippen LogP contribution >= 0.6 is 0 Å². The highest BCUT2D eigenvalue weighted by atomic mass is 32.2. The first-order valence-electron chi connectivity index (χ1n) is 8.70. The maximum atomic E-state index is 13.8. The van der Waals surface area contributed by atoms with E-state index in [0.29, 0.717) is 28.5 Å². The van der Waals surface area contributed by atoms with Gasteiger partial charge in [-0.3, -0.25) is 0 Å². The number of aldehydes is 1. The lowest BCUT2D eigenvalue weighted by Crippen LogP contribution is -2.16. The van der Waals surface area contributed by atoms with Crippen molar-refractivity contribution in [1.82, 2.24) is 4.98 Å². The van der Waals surface area contributed by atoms with E-state index < -0.39 is 27.7 Å². The Morgan fingerprint density at radius 1 is 1.00 bits per heavy atom. The molecule has 2 heterocycles. The van der Waals surface area contributed by atoms with Crippen molar-refractivity contribution in [3.63, 3.8) is 0 Å². The highest BCUT2D eigenvalue weighted by molar-refractivity contribution is 7.89.